The van der Waals surface area contributed by atoms with Crippen molar-refractivity contribution < 1.29 is 14.6 Å². The van der Waals surface area contributed by atoms with Crippen LogP contribution in [0.25, 0.3) is 0 Å². The van der Waals surface area contributed by atoms with Crippen LogP contribution in [0.3, 0.4) is 0 Å². The lowest BCUT2D eigenvalue weighted by Gasteiger charge is -2.19. The Bertz CT molecular complexity index is 203. The van der Waals surface area contributed by atoms with Crippen LogP contribution in [-0.4, -0.2) is 23.3 Å². The highest BCUT2D eigenvalue weighted by Gasteiger charge is 2.17. The lowest BCUT2D eigenvalue weighted by molar-refractivity contribution is -0.149. The summed E-state index contributed by atoms with van der Waals surface area (Å²) >= 11 is 0. The van der Waals surface area contributed by atoms with Gasteiger partial charge in [-0.3, -0.25) is 0 Å². The zero-order valence-electron chi connectivity index (χ0n) is 8.33. The van der Waals surface area contributed by atoms with E-state index in [1.165, 1.54) is 6.08 Å². The SMILES string of the molecule is CC(C)(C)OC(=O)C(N)=CCCO. The first-order chi connectivity index (χ1) is 5.87. The fraction of sp³-hybridized carbons (Fsp3) is 0.667. The first kappa shape index (κ1) is 12.0. The van der Waals surface area contributed by atoms with E-state index in [-0.39, 0.29) is 12.3 Å². The molecule has 0 saturated heterocycles. The Morgan fingerprint density at radius 2 is 2.08 bits per heavy atom. The van der Waals surface area contributed by atoms with Crippen molar-refractivity contribution in [3.05, 3.63) is 11.8 Å². The number of aliphatic hydroxyl groups is 1. The van der Waals surface area contributed by atoms with Crippen molar-refractivity contribution in [2.75, 3.05) is 6.61 Å². The molecule has 0 aliphatic carbocycles. The second-order valence-electron chi connectivity index (χ2n) is 3.67. The minimum atomic E-state index is -0.541. The number of ether oxygens (including phenoxy) is 1. The monoisotopic (exact) mass is 187 g/mol. The van der Waals surface area contributed by atoms with E-state index in [0.717, 1.165) is 0 Å². The molecule has 0 bridgehead atoms. The van der Waals surface area contributed by atoms with E-state index in [0.29, 0.717) is 6.42 Å². The van der Waals surface area contributed by atoms with Crippen LogP contribution in [0.4, 0.5) is 0 Å². The fourth-order valence-electron chi connectivity index (χ4n) is 0.640. The summed E-state index contributed by atoms with van der Waals surface area (Å²) in [6, 6.07) is 0. The van der Waals surface area contributed by atoms with Gasteiger partial charge in [0.25, 0.3) is 0 Å². The van der Waals surface area contributed by atoms with Crippen molar-refractivity contribution in [1.29, 1.82) is 0 Å². The largest absolute Gasteiger partial charge is 0.455 e. The van der Waals surface area contributed by atoms with Crippen LogP contribution in [0.2, 0.25) is 0 Å². The van der Waals surface area contributed by atoms with Gasteiger partial charge in [-0.1, -0.05) is 6.08 Å². The maximum atomic E-state index is 11.2. The van der Waals surface area contributed by atoms with Gasteiger partial charge in [-0.05, 0) is 27.2 Å². The maximum Gasteiger partial charge on any atom is 0.354 e. The Morgan fingerprint density at radius 1 is 1.54 bits per heavy atom. The molecule has 0 saturated carbocycles. The molecule has 0 aliphatic heterocycles. The van der Waals surface area contributed by atoms with E-state index in [4.69, 9.17) is 15.6 Å². The number of nitrogens with two attached hydrogens (primary N) is 1. The van der Waals surface area contributed by atoms with Crippen molar-refractivity contribution in [1.82, 2.24) is 0 Å². The summed E-state index contributed by atoms with van der Waals surface area (Å²) in [7, 11) is 0. The van der Waals surface area contributed by atoms with Crippen LogP contribution in [0.5, 0.6) is 0 Å². The molecule has 0 spiro atoms. The number of carbonyl (C=O) groups is 1. The summed E-state index contributed by atoms with van der Waals surface area (Å²) in [5.41, 5.74) is 4.90. The summed E-state index contributed by atoms with van der Waals surface area (Å²) in [5, 5.41) is 8.48. The topological polar surface area (TPSA) is 72.5 Å². The fourth-order valence-corrected chi connectivity index (χ4v) is 0.640. The van der Waals surface area contributed by atoms with Crippen LogP contribution in [0.1, 0.15) is 27.2 Å². The molecule has 0 unspecified atom stereocenters. The molecule has 13 heavy (non-hydrogen) atoms. The molecular weight excluding hydrogens is 170 g/mol. The Morgan fingerprint density at radius 3 is 2.46 bits per heavy atom. The van der Waals surface area contributed by atoms with Gasteiger partial charge in [-0.15, -0.1) is 0 Å². The van der Waals surface area contributed by atoms with Gasteiger partial charge >= 0.3 is 5.97 Å². The van der Waals surface area contributed by atoms with E-state index in [9.17, 15) is 4.79 Å². The third-order valence-corrected chi connectivity index (χ3v) is 1.13. The quantitative estimate of drug-likeness (QED) is 0.500. The molecule has 0 aromatic rings. The van der Waals surface area contributed by atoms with Crippen LogP contribution >= 0.6 is 0 Å². The highest BCUT2D eigenvalue weighted by molar-refractivity contribution is 5.87. The third kappa shape index (κ3) is 6.16. The van der Waals surface area contributed by atoms with E-state index >= 15 is 0 Å². The summed E-state index contributed by atoms with van der Waals surface area (Å²) < 4.78 is 4.98. The number of aliphatic hydroxyl groups excluding tert-OH is 1. The molecule has 0 radical (unpaired) electrons. The van der Waals surface area contributed by atoms with Gasteiger partial charge in [-0.25, -0.2) is 4.79 Å². The number of hydrogen-bond acceptors (Lipinski definition) is 4. The van der Waals surface area contributed by atoms with Gasteiger partial charge in [0.15, 0.2) is 0 Å². The third-order valence-electron chi connectivity index (χ3n) is 1.13. The Kier molecular flexibility index (Phi) is 4.48. The maximum absolute atomic E-state index is 11.2. The molecule has 0 aliphatic rings. The van der Waals surface area contributed by atoms with E-state index in [2.05, 4.69) is 0 Å². The van der Waals surface area contributed by atoms with Gasteiger partial charge in [0.2, 0.25) is 0 Å². The van der Waals surface area contributed by atoms with Crippen LogP contribution < -0.4 is 5.73 Å². The average Bonchev–Trinajstić information content (AvgIpc) is 1.96. The lowest BCUT2D eigenvalue weighted by Crippen LogP contribution is -2.27. The molecule has 0 heterocycles. The molecular formula is C9H17NO3. The van der Waals surface area contributed by atoms with Crippen LogP contribution in [0.15, 0.2) is 11.8 Å². The zero-order valence-corrected chi connectivity index (χ0v) is 8.33. The minimum absolute atomic E-state index is 0.0243. The summed E-state index contributed by atoms with van der Waals surface area (Å²) in [6.07, 6.45) is 1.82. The average molecular weight is 187 g/mol. The second-order valence-corrected chi connectivity index (χ2v) is 3.67. The number of hydrogen-bond donors (Lipinski definition) is 2. The zero-order chi connectivity index (χ0) is 10.5. The van der Waals surface area contributed by atoms with Crippen LogP contribution in [0, 0.1) is 0 Å². The molecule has 76 valence electrons. The van der Waals surface area contributed by atoms with Crippen LogP contribution in [-0.2, 0) is 9.53 Å². The Labute approximate surface area is 78.4 Å². The van der Waals surface area contributed by atoms with Gasteiger partial charge in [0, 0.05) is 6.61 Å². The highest BCUT2D eigenvalue weighted by atomic mass is 16.6. The van der Waals surface area contributed by atoms with E-state index in [1.807, 2.05) is 0 Å². The first-order valence-electron chi connectivity index (χ1n) is 4.16. The number of carbonyl (C=O) groups excluding carboxylic acids is 1. The predicted molar refractivity (Wildman–Crippen MR) is 49.8 cm³/mol. The van der Waals surface area contributed by atoms with Crippen molar-refractivity contribution in [2.24, 2.45) is 5.73 Å². The molecule has 0 aromatic heterocycles. The molecule has 0 amide bonds. The van der Waals surface area contributed by atoms with Crippen molar-refractivity contribution in [3.63, 3.8) is 0 Å². The Hall–Kier alpha value is -1.03. The molecule has 4 nitrogen and oxygen atoms in total. The smallest absolute Gasteiger partial charge is 0.354 e. The first-order valence-corrected chi connectivity index (χ1v) is 4.16. The normalized spacial score (nSPS) is 12.8. The molecule has 0 fully saturated rings. The second kappa shape index (κ2) is 4.87. The summed E-state index contributed by atoms with van der Waals surface area (Å²) in [6.45, 7) is 5.28. The predicted octanol–water partition coefficient (Wildman–Crippen LogP) is 0.553. The Balaban J connectivity index is 4.12. The van der Waals surface area contributed by atoms with Crippen molar-refractivity contribution in [3.8, 4) is 0 Å². The van der Waals surface area contributed by atoms with Gasteiger partial charge < -0.3 is 15.6 Å². The summed E-state index contributed by atoms with van der Waals surface area (Å²) in [5.74, 6) is -0.541. The standard InChI is InChI=1S/C9H17NO3/c1-9(2,3)13-8(12)7(10)5-4-6-11/h5,11H,4,6,10H2,1-3H3. The van der Waals surface area contributed by atoms with Gasteiger partial charge in [-0.2, -0.15) is 0 Å². The highest BCUT2D eigenvalue weighted by Crippen LogP contribution is 2.08. The van der Waals surface area contributed by atoms with Crippen molar-refractivity contribution in [2.45, 2.75) is 32.8 Å². The van der Waals surface area contributed by atoms with Gasteiger partial charge in [0.05, 0.1) is 0 Å². The molecule has 3 N–H and O–H groups in total. The molecule has 0 aromatic carbocycles. The number of esters is 1. The minimum Gasteiger partial charge on any atom is -0.455 e. The van der Waals surface area contributed by atoms with Crippen molar-refractivity contribution >= 4 is 5.97 Å². The summed E-state index contributed by atoms with van der Waals surface area (Å²) in [4.78, 5) is 11.2. The lowest BCUT2D eigenvalue weighted by atomic mass is 10.2. The molecule has 0 rings (SSSR count). The van der Waals surface area contributed by atoms with E-state index in [1.54, 1.807) is 20.8 Å². The number of rotatable bonds is 3. The molecule has 4 heteroatoms. The molecule has 0 atom stereocenters. The van der Waals surface area contributed by atoms with E-state index < -0.39 is 11.6 Å². The van der Waals surface area contributed by atoms with Gasteiger partial charge in [0.1, 0.15) is 11.3 Å².